The number of hydrogen-bond acceptors (Lipinski definition) is 3. The Kier molecular flexibility index (Phi) is 8.94. The number of hydrogen-bond donors (Lipinski definition) is 1. The molecular weight excluding hydrogens is 386 g/mol. The van der Waals surface area contributed by atoms with E-state index in [-0.39, 0.29) is 23.8 Å². The average Bonchev–Trinajstić information content (AvgIpc) is 3.29. The minimum atomic E-state index is -0.0716. The van der Waals surface area contributed by atoms with Gasteiger partial charge in [-0.1, -0.05) is 63.9 Å². The summed E-state index contributed by atoms with van der Waals surface area (Å²) in [5.74, 6) is 1.40. The van der Waals surface area contributed by atoms with Crippen LogP contribution in [0.3, 0.4) is 0 Å². The Morgan fingerprint density at radius 3 is 2.26 bits per heavy atom. The Labute approximate surface area is 188 Å². The van der Waals surface area contributed by atoms with Gasteiger partial charge in [0.25, 0.3) is 0 Å². The first-order chi connectivity index (χ1) is 15.0. The molecule has 3 rings (SSSR count). The van der Waals surface area contributed by atoms with E-state index in [1.54, 1.807) is 0 Å². The van der Waals surface area contributed by atoms with Crippen molar-refractivity contribution in [2.75, 3.05) is 32.7 Å². The number of nitrogens with one attached hydrogen (secondary N) is 1. The van der Waals surface area contributed by atoms with Crippen LogP contribution in [0.1, 0.15) is 70.8 Å². The van der Waals surface area contributed by atoms with Gasteiger partial charge in [0.2, 0.25) is 11.8 Å². The third-order valence-corrected chi connectivity index (χ3v) is 7.06. The van der Waals surface area contributed by atoms with Crippen molar-refractivity contribution in [3.8, 4) is 0 Å². The van der Waals surface area contributed by atoms with Gasteiger partial charge in [-0.2, -0.15) is 0 Å². The molecule has 2 atom stereocenters. The molecule has 1 aliphatic carbocycles. The van der Waals surface area contributed by atoms with Crippen molar-refractivity contribution < 1.29 is 9.59 Å². The molecule has 1 aliphatic heterocycles. The highest BCUT2D eigenvalue weighted by atomic mass is 16.2. The summed E-state index contributed by atoms with van der Waals surface area (Å²) in [4.78, 5) is 30.7. The molecule has 1 saturated heterocycles. The van der Waals surface area contributed by atoms with E-state index in [1.165, 1.54) is 12.8 Å². The van der Waals surface area contributed by atoms with Crippen molar-refractivity contribution in [2.24, 2.45) is 11.8 Å². The van der Waals surface area contributed by atoms with Gasteiger partial charge in [-0.15, -0.1) is 0 Å². The van der Waals surface area contributed by atoms with Crippen molar-refractivity contribution in [3.05, 3.63) is 35.9 Å². The second-order valence-corrected chi connectivity index (χ2v) is 9.70. The van der Waals surface area contributed by atoms with Gasteiger partial charge >= 0.3 is 0 Å². The van der Waals surface area contributed by atoms with E-state index < -0.39 is 0 Å². The second kappa shape index (κ2) is 11.7. The number of carbonyl (C=O) groups is 2. The molecule has 0 bridgehead atoms. The Bertz CT molecular complexity index is 692. The molecule has 2 amide bonds. The SMILES string of the molecule is CCC(C(=O)N1CCN(C(C(=O)NCCC(C)C)C2CCCC2)CC1)c1ccccc1. The van der Waals surface area contributed by atoms with Gasteiger partial charge in [0.1, 0.15) is 0 Å². The van der Waals surface area contributed by atoms with Crippen molar-refractivity contribution in [3.63, 3.8) is 0 Å². The summed E-state index contributed by atoms with van der Waals surface area (Å²) >= 11 is 0. The maximum atomic E-state index is 13.2. The quantitative estimate of drug-likeness (QED) is 0.647. The van der Waals surface area contributed by atoms with Crippen LogP contribution in [-0.2, 0) is 9.59 Å². The number of amides is 2. The summed E-state index contributed by atoms with van der Waals surface area (Å²) in [6.07, 6.45) is 6.58. The summed E-state index contributed by atoms with van der Waals surface area (Å²) in [5, 5.41) is 3.21. The predicted molar refractivity (Wildman–Crippen MR) is 126 cm³/mol. The highest BCUT2D eigenvalue weighted by Gasteiger charge is 2.37. The van der Waals surface area contributed by atoms with Gasteiger partial charge in [-0.25, -0.2) is 0 Å². The summed E-state index contributed by atoms with van der Waals surface area (Å²) in [6, 6.07) is 10.1. The van der Waals surface area contributed by atoms with Crippen molar-refractivity contribution in [2.45, 2.75) is 71.3 Å². The highest BCUT2D eigenvalue weighted by Crippen LogP contribution is 2.31. The maximum absolute atomic E-state index is 13.2. The van der Waals surface area contributed by atoms with Gasteiger partial charge in [-0.3, -0.25) is 14.5 Å². The van der Waals surface area contributed by atoms with Gasteiger partial charge in [0, 0.05) is 32.7 Å². The fourth-order valence-electron chi connectivity index (χ4n) is 5.22. The van der Waals surface area contributed by atoms with Crippen LogP contribution in [0.25, 0.3) is 0 Å². The molecule has 5 nitrogen and oxygen atoms in total. The molecule has 0 aromatic heterocycles. The number of nitrogens with zero attached hydrogens (tertiary/aromatic N) is 2. The minimum absolute atomic E-state index is 0.0389. The zero-order valence-electron chi connectivity index (χ0n) is 19.7. The van der Waals surface area contributed by atoms with Crippen molar-refractivity contribution in [1.82, 2.24) is 15.1 Å². The van der Waals surface area contributed by atoms with Crippen LogP contribution in [-0.4, -0.2) is 60.4 Å². The monoisotopic (exact) mass is 427 g/mol. The Balaban J connectivity index is 1.60. The van der Waals surface area contributed by atoms with Crippen LogP contribution in [0.4, 0.5) is 0 Å². The number of piperazine rings is 1. The third kappa shape index (κ3) is 6.31. The fourth-order valence-corrected chi connectivity index (χ4v) is 5.22. The largest absolute Gasteiger partial charge is 0.355 e. The smallest absolute Gasteiger partial charge is 0.237 e. The average molecular weight is 428 g/mol. The van der Waals surface area contributed by atoms with Gasteiger partial charge < -0.3 is 10.2 Å². The molecule has 1 saturated carbocycles. The molecule has 172 valence electrons. The summed E-state index contributed by atoms with van der Waals surface area (Å²) < 4.78 is 0. The zero-order valence-corrected chi connectivity index (χ0v) is 19.7. The molecule has 5 heteroatoms. The van der Waals surface area contributed by atoms with Gasteiger partial charge in [-0.05, 0) is 43.1 Å². The topological polar surface area (TPSA) is 52.7 Å². The predicted octanol–water partition coefficient (Wildman–Crippen LogP) is 4.05. The summed E-state index contributed by atoms with van der Waals surface area (Å²) in [5.41, 5.74) is 1.10. The van der Waals surface area contributed by atoms with Crippen LogP contribution in [0, 0.1) is 11.8 Å². The van der Waals surface area contributed by atoms with E-state index >= 15 is 0 Å². The van der Waals surface area contributed by atoms with E-state index in [9.17, 15) is 9.59 Å². The molecule has 2 aliphatic rings. The lowest BCUT2D eigenvalue weighted by atomic mass is 9.93. The Hall–Kier alpha value is -1.88. The molecule has 1 N–H and O–H groups in total. The van der Waals surface area contributed by atoms with Gasteiger partial charge in [0.15, 0.2) is 0 Å². The molecule has 0 spiro atoms. The van der Waals surface area contributed by atoms with E-state index in [0.717, 1.165) is 50.9 Å². The second-order valence-electron chi connectivity index (χ2n) is 9.70. The Morgan fingerprint density at radius 1 is 1.03 bits per heavy atom. The van der Waals surface area contributed by atoms with Crippen molar-refractivity contribution in [1.29, 1.82) is 0 Å². The highest BCUT2D eigenvalue weighted by molar-refractivity contribution is 5.84. The standard InChI is InChI=1S/C26H41N3O2/c1-4-23(21-10-6-5-7-11-21)26(31)29-18-16-28(17-19-29)24(22-12-8-9-13-22)25(30)27-15-14-20(2)3/h5-7,10-11,20,22-24H,4,8-9,12-19H2,1-3H3,(H,27,30). The third-order valence-electron chi connectivity index (χ3n) is 7.06. The van der Waals surface area contributed by atoms with Crippen LogP contribution in [0.5, 0.6) is 0 Å². The molecule has 1 aromatic rings. The number of benzene rings is 1. The first-order valence-corrected chi connectivity index (χ1v) is 12.4. The molecule has 1 heterocycles. The van der Waals surface area contributed by atoms with Crippen LogP contribution < -0.4 is 5.32 Å². The molecule has 1 aromatic carbocycles. The lowest BCUT2D eigenvalue weighted by molar-refractivity contribution is -0.136. The lowest BCUT2D eigenvalue weighted by Crippen LogP contribution is -2.58. The van der Waals surface area contributed by atoms with Crippen LogP contribution in [0.15, 0.2) is 30.3 Å². The molecule has 2 unspecified atom stereocenters. The zero-order chi connectivity index (χ0) is 22.2. The maximum Gasteiger partial charge on any atom is 0.237 e. The normalized spacial score (nSPS) is 20.1. The summed E-state index contributed by atoms with van der Waals surface area (Å²) in [6.45, 7) is 10.2. The molecule has 31 heavy (non-hydrogen) atoms. The van der Waals surface area contributed by atoms with E-state index in [4.69, 9.17) is 0 Å². The first-order valence-electron chi connectivity index (χ1n) is 12.4. The van der Waals surface area contributed by atoms with Crippen LogP contribution >= 0.6 is 0 Å². The van der Waals surface area contributed by atoms with Gasteiger partial charge in [0.05, 0.1) is 12.0 Å². The van der Waals surface area contributed by atoms with Crippen LogP contribution in [0.2, 0.25) is 0 Å². The first kappa shape index (κ1) is 23.8. The lowest BCUT2D eigenvalue weighted by Gasteiger charge is -2.41. The van der Waals surface area contributed by atoms with E-state index in [1.807, 2.05) is 23.1 Å². The van der Waals surface area contributed by atoms with Crippen molar-refractivity contribution >= 4 is 11.8 Å². The number of rotatable bonds is 9. The summed E-state index contributed by atoms with van der Waals surface area (Å²) in [7, 11) is 0. The van der Waals surface area contributed by atoms with E-state index in [0.29, 0.717) is 24.9 Å². The minimum Gasteiger partial charge on any atom is -0.355 e. The van der Waals surface area contributed by atoms with E-state index in [2.05, 4.69) is 43.1 Å². The molecular formula is C26H41N3O2. The Morgan fingerprint density at radius 2 is 1.68 bits per heavy atom. The molecule has 2 fully saturated rings. The number of carbonyl (C=O) groups excluding carboxylic acids is 2. The fraction of sp³-hybridized carbons (Fsp3) is 0.692. The molecule has 0 radical (unpaired) electrons.